The molecule has 1 amide bonds. The minimum absolute atomic E-state index is 0.229. The van der Waals surface area contributed by atoms with E-state index >= 15 is 0 Å². The van der Waals surface area contributed by atoms with Crippen LogP contribution in [0.25, 0.3) is 0 Å². The summed E-state index contributed by atoms with van der Waals surface area (Å²) < 4.78 is 5.66. The number of hydrogen-bond donors (Lipinski definition) is 1. The first-order valence-electron chi connectivity index (χ1n) is 8.39. The molecule has 1 spiro atoms. The second-order valence-electron chi connectivity index (χ2n) is 6.84. The third kappa shape index (κ3) is 3.07. The molecule has 5 heteroatoms. The van der Waals surface area contributed by atoms with E-state index in [1.165, 1.54) is 0 Å². The van der Waals surface area contributed by atoms with Gasteiger partial charge >= 0.3 is 5.97 Å². The molecule has 1 aliphatic carbocycles. The van der Waals surface area contributed by atoms with E-state index in [0.29, 0.717) is 41.5 Å². The summed E-state index contributed by atoms with van der Waals surface area (Å²) >= 11 is 6.14. The molecule has 1 aliphatic heterocycles. The molecule has 0 radical (unpaired) electrons. The predicted molar refractivity (Wildman–Crippen MR) is 92.5 cm³/mol. The Morgan fingerprint density at radius 2 is 2.00 bits per heavy atom. The maximum absolute atomic E-state index is 12.8. The van der Waals surface area contributed by atoms with E-state index in [9.17, 15) is 9.59 Å². The number of esters is 1. The second-order valence-corrected chi connectivity index (χ2v) is 7.25. The first-order valence-corrected chi connectivity index (χ1v) is 8.77. The highest BCUT2D eigenvalue weighted by Crippen LogP contribution is 2.45. The quantitative estimate of drug-likeness (QED) is 0.846. The molecule has 1 aromatic rings. The highest BCUT2D eigenvalue weighted by molar-refractivity contribution is 6.31. The fraction of sp³-hybridized carbons (Fsp3) is 0.474. The zero-order valence-electron chi connectivity index (χ0n) is 14.0. The van der Waals surface area contributed by atoms with Gasteiger partial charge in [0.2, 0.25) is 0 Å². The minimum atomic E-state index is -0.738. The van der Waals surface area contributed by atoms with Gasteiger partial charge in [0.05, 0.1) is 5.57 Å². The van der Waals surface area contributed by atoms with Crippen molar-refractivity contribution in [1.29, 1.82) is 0 Å². The minimum Gasteiger partial charge on any atom is -0.451 e. The van der Waals surface area contributed by atoms with E-state index in [-0.39, 0.29) is 11.9 Å². The van der Waals surface area contributed by atoms with Crippen molar-refractivity contribution in [3.8, 4) is 0 Å². The maximum Gasteiger partial charge on any atom is 0.335 e. The Morgan fingerprint density at radius 3 is 2.67 bits per heavy atom. The molecular formula is C19H22ClNO3. The van der Waals surface area contributed by atoms with Crippen molar-refractivity contribution in [3.05, 3.63) is 46.0 Å². The molecular weight excluding hydrogens is 326 g/mol. The van der Waals surface area contributed by atoms with Crippen molar-refractivity contribution < 1.29 is 14.3 Å². The topological polar surface area (TPSA) is 55.4 Å². The standard InChI is InChI=1S/C19H22ClNO3/c1-12-7-9-19(10-8-12)16(13(2)18(23)24-19)17(22)21-11-14-5-3-4-6-15(14)20/h3-6,12H,7-11H2,1-2H3,(H,21,22). The van der Waals surface area contributed by atoms with Gasteiger partial charge in [-0.05, 0) is 50.2 Å². The number of amides is 1. The summed E-state index contributed by atoms with van der Waals surface area (Å²) in [7, 11) is 0. The van der Waals surface area contributed by atoms with Gasteiger partial charge in [0, 0.05) is 17.1 Å². The Kier molecular flexibility index (Phi) is 4.68. The molecule has 2 aliphatic rings. The summed E-state index contributed by atoms with van der Waals surface area (Å²) in [6, 6.07) is 7.39. The Bertz CT molecular complexity index is 702. The Hall–Kier alpha value is -1.81. The van der Waals surface area contributed by atoms with Crippen molar-refractivity contribution in [2.45, 2.75) is 51.7 Å². The highest BCUT2D eigenvalue weighted by Gasteiger charge is 2.50. The summed E-state index contributed by atoms with van der Waals surface area (Å²) in [5.41, 5.74) is 1.05. The molecule has 128 valence electrons. The van der Waals surface area contributed by atoms with Crippen molar-refractivity contribution in [2.24, 2.45) is 5.92 Å². The first-order chi connectivity index (χ1) is 11.4. The van der Waals surface area contributed by atoms with Crippen LogP contribution in [0.3, 0.4) is 0 Å². The van der Waals surface area contributed by atoms with Crippen molar-refractivity contribution in [1.82, 2.24) is 5.32 Å². The number of halogens is 1. The van der Waals surface area contributed by atoms with Crippen LogP contribution >= 0.6 is 11.6 Å². The maximum atomic E-state index is 12.8. The monoisotopic (exact) mass is 347 g/mol. The molecule has 3 rings (SSSR count). The lowest BCUT2D eigenvalue weighted by Crippen LogP contribution is -2.42. The fourth-order valence-electron chi connectivity index (χ4n) is 3.61. The van der Waals surface area contributed by atoms with Gasteiger partial charge in [0.15, 0.2) is 0 Å². The van der Waals surface area contributed by atoms with Gasteiger partial charge in [0.1, 0.15) is 5.60 Å². The van der Waals surface area contributed by atoms with Gasteiger partial charge in [-0.3, -0.25) is 4.79 Å². The van der Waals surface area contributed by atoms with Gasteiger partial charge in [-0.2, -0.15) is 0 Å². The Morgan fingerprint density at radius 1 is 1.33 bits per heavy atom. The lowest BCUT2D eigenvalue weighted by molar-refractivity contribution is -0.150. The van der Waals surface area contributed by atoms with Crippen LogP contribution in [0.4, 0.5) is 0 Å². The zero-order valence-corrected chi connectivity index (χ0v) is 14.8. The molecule has 1 aromatic carbocycles. The third-order valence-corrected chi connectivity index (χ3v) is 5.50. The molecule has 4 nitrogen and oxygen atoms in total. The summed E-state index contributed by atoms with van der Waals surface area (Å²) in [4.78, 5) is 24.9. The number of carbonyl (C=O) groups excluding carboxylic acids is 2. The molecule has 0 bridgehead atoms. The average molecular weight is 348 g/mol. The molecule has 24 heavy (non-hydrogen) atoms. The van der Waals surface area contributed by atoms with Gasteiger partial charge in [-0.25, -0.2) is 4.79 Å². The van der Waals surface area contributed by atoms with Crippen LogP contribution < -0.4 is 5.32 Å². The van der Waals surface area contributed by atoms with Crippen LogP contribution in [0.5, 0.6) is 0 Å². The van der Waals surface area contributed by atoms with E-state index in [1.54, 1.807) is 13.0 Å². The van der Waals surface area contributed by atoms with Crippen LogP contribution in [0.15, 0.2) is 35.4 Å². The number of hydrogen-bond acceptors (Lipinski definition) is 3. The average Bonchev–Trinajstić information content (AvgIpc) is 2.80. The van der Waals surface area contributed by atoms with Gasteiger partial charge in [-0.15, -0.1) is 0 Å². The van der Waals surface area contributed by atoms with Crippen molar-refractivity contribution in [2.75, 3.05) is 0 Å². The van der Waals surface area contributed by atoms with E-state index in [1.807, 2.05) is 18.2 Å². The predicted octanol–water partition coefficient (Wildman–Crippen LogP) is 3.78. The zero-order chi connectivity index (χ0) is 17.3. The summed E-state index contributed by atoms with van der Waals surface area (Å²) in [6.07, 6.45) is 3.35. The summed E-state index contributed by atoms with van der Waals surface area (Å²) in [5.74, 6) is 0.00272. The lowest BCUT2D eigenvalue weighted by atomic mass is 9.75. The van der Waals surface area contributed by atoms with Gasteiger partial charge < -0.3 is 10.1 Å². The van der Waals surface area contributed by atoms with Crippen molar-refractivity contribution in [3.63, 3.8) is 0 Å². The van der Waals surface area contributed by atoms with Gasteiger partial charge in [-0.1, -0.05) is 36.7 Å². The van der Waals surface area contributed by atoms with Crippen LogP contribution in [0.1, 0.15) is 45.1 Å². The summed E-state index contributed by atoms with van der Waals surface area (Å²) in [6.45, 7) is 4.20. The van der Waals surface area contributed by atoms with E-state index in [4.69, 9.17) is 16.3 Å². The second kappa shape index (κ2) is 6.60. The number of benzene rings is 1. The van der Waals surface area contributed by atoms with E-state index in [0.717, 1.165) is 18.4 Å². The van der Waals surface area contributed by atoms with E-state index in [2.05, 4.69) is 12.2 Å². The molecule has 0 unspecified atom stereocenters. The van der Waals surface area contributed by atoms with Crippen molar-refractivity contribution >= 4 is 23.5 Å². The molecule has 0 aromatic heterocycles. The number of ether oxygens (including phenoxy) is 1. The third-order valence-electron chi connectivity index (χ3n) is 5.13. The van der Waals surface area contributed by atoms with Crippen LogP contribution in [0, 0.1) is 5.92 Å². The Balaban J connectivity index is 1.79. The molecule has 1 N–H and O–H groups in total. The van der Waals surface area contributed by atoms with Gasteiger partial charge in [0.25, 0.3) is 5.91 Å². The highest BCUT2D eigenvalue weighted by atomic mass is 35.5. The molecule has 1 fully saturated rings. The molecule has 1 heterocycles. The van der Waals surface area contributed by atoms with Crippen LogP contribution in [-0.2, 0) is 20.9 Å². The van der Waals surface area contributed by atoms with E-state index < -0.39 is 5.60 Å². The fourth-order valence-corrected chi connectivity index (χ4v) is 3.81. The normalized spacial score (nSPS) is 26.6. The smallest absolute Gasteiger partial charge is 0.335 e. The summed E-state index contributed by atoms with van der Waals surface area (Å²) in [5, 5.41) is 3.52. The lowest BCUT2D eigenvalue weighted by Gasteiger charge is -2.36. The van der Waals surface area contributed by atoms with Crippen LogP contribution in [0.2, 0.25) is 5.02 Å². The Labute approximate surface area is 147 Å². The molecule has 0 saturated heterocycles. The molecule has 1 saturated carbocycles. The largest absolute Gasteiger partial charge is 0.451 e. The number of rotatable bonds is 3. The SMILES string of the molecule is CC1=C(C(=O)NCc2ccccc2Cl)C2(CCC(C)CC2)OC1=O. The number of carbonyl (C=O) groups is 2. The van der Waals surface area contributed by atoms with Crippen LogP contribution in [-0.4, -0.2) is 17.5 Å². The number of nitrogens with one attached hydrogen (secondary N) is 1. The molecule has 0 atom stereocenters. The first kappa shape index (κ1) is 17.0.